The zero-order valence-corrected chi connectivity index (χ0v) is 16.5. The molecule has 2 rings (SSSR count). The van der Waals surface area contributed by atoms with Crippen molar-refractivity contribution in [1.82, 2.24) is 20.4 Å². The lowest BCUT2D eigenvalue weighted by Gasteiger charge is -2.37. The van der Waals surface area contributed by atoms with Gasteiger partial charge in [0.05, 0.1) is 6.54 Å². The molecule has 1 aromatic heterocycles. The molecular formula is C18H28N4O3S. The lowest BCUT2D eigenvalue weighted by Crippen LogP contribution is -2.54. The molecule has 8 heteroatoms. The van der Waals surface area contributed by atoms with Crippen LogP contribution in [0.2, 0.25) is 0 Å². The van der Waals surface area contributed by atoms with Crippen LogP contribution >= 0.6 is 11.3 Å². The number of thiophene rings is 1. The molecule has 2 heterocycles. The maximum atomic E-state index is 12.3. The van der Waals surface area contributed by atoms with Gasteiger partial charge in [-0.2, -0.15) is 0 Å². The zero-order chi connectivity index (χ0) is 19.2. The average Bonchev–Trinajstić information content (AvgIpc) is 3.07. The van der Waals surface area contributed by atoms with Gasteiger partial charge in [-0.05, 0) is 17.9 Å². The number of piperazine rings is 1. The second-order valence-electron chi connectivity index (χ2n) is 7.45. The Balaban J connectivity index is 1.64. The van der Waals surface area contributed by atoms with Crippen molar-refractivity contribution in [3.63, 3.8) is 0 Å². The first-order valence-electron chi connectivity index (χ1n) is 8.87. The highest BCUT2D eigenvalue weighted by Gasteiger charge is 2.30. The SMILES string of the molecule is CC(C)(C)C(=O)N1CCN(CC(=O)NC(=O)NCCc2cccs2)CC1. The number of imide groups is 1. The minimum atomic E-state index is -0.465. The Kier molecular flexibility index (Phi) is 7.16. The van der Waals surface area contributed by atoms with Crippen molar-refractivity contribution in [2.45, 2.75) is 27.2 Å². The third kappa shape index (κ3) is 6.42. The standard InChI is InChI=1S/C18H28N4O3S/c1-18(2,3)16(24)22-10-8-21(9-11-22)13-15(23)20-17(25)19-7-6-14-5-4-12-26-14/h4-5,12H,6-11,13H2,1-3H3,(H2,19,20,23,25). The summed E-state index contributed by atoms with van der Waals surface area (Å²) < 4.78 is 0. The lowest BCUT2D eigenvalue weighted by atomic mass is 9.94. The Morgan fingerprint density at radius 1 is 1.15 bits per heavy atom. The van der Waals surface area contributed by atoms with E-state index >= 15 is 0 Å². The molecule has 0 bridgehead atoms. The van der Waals surface area contributed by atoms with E-state index in [4.69, 9.17) is 0 Å². The van der Waals surface area contributed by atoms with Crippen molar-refractivity contribution in [3.8, 4) is 0 Å². The highest BCUT2D eigenvalue weighted by atomic mass is 32.1. The number of carbonyl (C=O) groups excluding carboxylic acids is 3. The van der Waals surface area contributed by atoms with E-state index in [1.165, 1.54) is 4.88 Å². The quantitative estimate of drug-likeness (QED) is 0.807. The maximum absolute atomic E-state index is 12.3. The summed E-state index contributed by atoms with van der Waals surface area (Å²) in [5.41, 5.74) is -0.388. The number of rotatable bonds is 5. The van der Waals surface area contributed by atoms with E-state index in [1.807, 2.05) is 48.1 Å². The summed E-state index contributed by atoms with van der Waals surface area (Å²) in [7, 11) is 0. The van der Waals surface area contributed by atoms with Crippen LogP contribution in [0.4, 0.5) is 4.79 Å². The molecule has 0 unspecified atom stereocenters. The summed E-state index contributed by atoms with van der Waals surface area (Å²) >= 11 is 1.64. The molecular weight excluding hydrogens is 352 g/mol. The minimum absolute atomic E-state index is 0.131. The van der Waals surface area contributed by atoms with Gasteiger partial charge in [0.25, 0.3) is 0 Å². The molecule has 1 aromatic rings. The number of urea groups is 1. The molecule has 144 valence electrons. The monoisotopic (exact) mass is 380 g/mol. The molecule has 7 nitrogen and oxygen atoms in total. The highest BCUT2D eigenvalue weighted by Crippen LogP contribution is 2.18. The summed E-state index contributed by atoms with van der Waals surface area (Å²) in [6, 6.07) is 3.52. The Labute approximate surface area is 158 Å². The van der Waals surface area contributed by atoms with Crippen molar-refractivity contribution in [3.05, 3.63) is 22.4 Å². The summed E-state index contributed by atoms with van der Waals surface area (Å²) in [6.45, 7) is 8.87. The van der Waals surface area contributed by atoms with Gasteiger partial charge in [0.15, 0.2) is 0 Å². The highest BCUT2D eigenvalue weighted by molar-refractivity contribution is 7.09. The van der Waals surface area contributed by atoms with Crippen LogP contribution in [-0.4, -0.2) is 66.9 Å². The van der Waals surface area contributed by atoms with Crippen molar-refractivity contribution in [2.75, 3.05) is 39.3 Å². The predicted octanol–water partition coefficient (Wildman–Crippen LogP) is 1.31. The Morgan fingerprint density at radius 3 is 2.42 bits per heavy atom. The van der Waals surface area contributed by atoms with Crippen LogP contribution in [0, 0.1) is 5.41 Å². The van der Waals surface area contributed by atoms with Crippen LogP contribution < -0.4 is 10.6 Å². The van der Waals surface area contributed by atoms with Gasteiger partial charge in [0, 0.05) is 43.0 Å². The van der Waals surface area contributed by atoms with Gasteiger partial charge in [0.1, 0.15) is 0 Å². The van der Waals surface area contributed by atoms with Crippen molar-refractivity contribution >= 4 is 29.2 Å². The predicted molar refractivity (Wildman–Crippen MR) is 102 cm³/mol. The van der Waals surface area contributed by atoms with Gasteiger partial charge in [0.2, 0.25) is 11.8 Å². The van der Waals surface area contributed by atoms with Crippen molar-refractivity contribution in [2.24, 2.45) is 5.41 Å². The average molecular weight is 381 g/mol. The fraction of sp³-hybridized carbons (Fsp3) is 0.611. The van der Waals surface area contributed by atoms with Gasteiger partial charge < -0.3 is 10.2 Å². The van der Waals surface area contributed by atoms with Crippen molar-refractivity contribution < 1.29 is 14.4 Å². The molecule has 0 spiro atoms. The Bertz CT molecular complexity index is 617. The van der Waals surface area contributed by atoms with E-state index in [1.54, 1.807) is 11.3 Å². The number of nitrogens with one attached hydrogen (secondary N) is 2. The van der Waals surface area contributed by atoms with E-state index in [0.717, 1.165) is 6.42 Å². The Hall–Kier alpha value is -1.93. The van der Waals surface area contributed by atoms with E-state index < -0.39 is 6.03 Å². The van der Waals surface area contributed by atoms with E-state index in [2.05, 4.69) is 10.6 Å². The molecule has 0 aliphatic carbocycles. The summed E-state index contributed by atoms with van der Waals surface area (Å²) in [6.07, 6.45) is 0.753. The molecule has 2 N–H and O–H groups in total. The molecule has 0 radical (unpaired) electrons. The second kappa shape index (κ2) is 9.14. The normalized spacial score (nSPS) is 15.6. The fourth-order valence-corrected chi connectivity index (χ4v) is 3.46. The maximum Gasteiger partial charge on any atom is 0.321 e. The van der Waals surface area contributed by atoms with E-state index in [9.17, 15) is 14.4 Å². The topological polar surface area (TPSA) is 81.8 Å². The summed E-state index contributed by atoms with van der Waals surface area (Å²) in [5.74, 6) is -0.194. The number of hydrogen-bond donors (Lipinski definition) is 2. The molecule has 1 aliphatic rings. The van der Waals surface area contributed by atoms with Crippen LogP contribution in [0.3, 0.4) is 0 Å². The van der Waals surface area contributed by atoms with Gasteiger partial charge in [-0.3, -0.25) is 19.8 Å². The van der Waals surface area contributed by atoms with Crippen LogP contribution in [0.1, 0.15) is 25.6 Å². The Morgan fingerprint density at radius 2 is 1.85 bits per heavy atom. The number of amides is 4. The molecule has 1 saturated heterocycles. The number of nitrogens with zero attached hydrogens (tertiary/aromatic N) is 2. The first-order chi connectivity index (χ1) is 12.3. The van der Waals surface area contributed by atoms with Gasteiger partial charge in [-0.25, -0.2) is 4.79 Å². The molecule has 4 amide bonds. The third-order valence-electron chi connectivity index (χ3n) is 4.16. The number of carbonyl (C=O) groups is 3. The van der Waals surface area contributed by atoms with Crippen LogP contribution in [0.5, 0.6) is 0 Å². The zero-order valence-electron chi connectivity index (χ0n) is 15.7. The fourth-order valence-electron chi connectivity index (χ4n) is 2.75. The number of hydrogen-bond acceptors (Lipinski definition) is 5. The van der Waals surface area contributed by atoms with Gasteiger partial charge in [-0.15, -0.1) is 11.3 Å². The largest absolute Gasteiger partial charge is 0.340 e. The summed E-state index contributed by atoms with van der Waals surface area (Å²) in [5, 5.41) is 7.04. The lowest BCUT2D eigenvalue weighted by molar-refractivity contribution is -0.141. The molecule has 26 heavy (non-hydrogen) atoms. The van der Waals surface area contributed by atoms with Gasteiger partial charge >= 0.3 is 6.03 Å². The molecule has 0 atom stereocenters. The van der Waals surface area contributed by atoms with E-state index in [-0.39, 0.29) is 23.8 Å². The van der Waals surface area contributed by atoms with E-state index in [0.29, 0.717) is 32.7 Å². The van der Waals surface area contributed by atoms with Crippen molar-refractivity contribution in [1.29, 1.82) is 0 Å². The first-order valence-corrected chi connectivity index (χ1v) is 9.75. The minimum Gasteiger partial charge on any atom is -0.340 e. The molecule has 1 fully saturated rings. The molecule has 0 saturated carbocycles. The van der Waals surface area contributed by atoms with Crippen LogP contribution in [-0.2, 0) is 16.0 Å². The summed E-state index contributed by atoms with van der Waals surface area (Å²) in [4.78, 5) is 41.0. The molecule has 0 aromatic carbocycles. The smallest absolute Gasteiger partial charge is 0.321 e. The van der Waals surface area contributed by atoms with Gasteiger partial charge in [-0.1, -0.05) is 26.8 Å². The third-order valence-corrected chi connectivity index (χ3v) is 5.09. The first kappa shape index (κ1) is 20.4. The molecule has 1 aliphatic heterocycles. The van der Waals surface area contributed by atoms with Crippen LogP contribution in [0.15, 0.2) is 17.5 Å². The second-order valence-corrected chi connectivity index (χ2v) is 8.48. The van der Waals surface area contributed by atoms with Crippen LogP contribution in [0.25, 0.3) is 0 Å².